The molecular weight excluding hydrogens is 366 g/mol. The minimum absolute atomic E-state index is 0.334. The number of carbonyl (C=O) groups is 1. The van der Waals surface area contributed by atoms with Crippen LogP contribution in [0.5, 0.6) is 0 Å². The van der Waals surface area contributed by atoms with Crippen LogP contribution >= 0.6 is 0 Å². The molecule has 0 atom stereocenters. The molecule has 140 valence electrons. The molecule has 0 aliphatic rings. The zero-order valence-electron chi connectivity index (χ0n) is 15.1. The average Bonchev–Trinajstić information content (AvgIpc) is 3.46. The summed E-state index contributed by atoms with van der Waals surface area (Å²) < 4.78 is 1.73. The van der Waals surface area contributed by atoms with Gasteiger partial charge in [-0.2, -0.15) is 5.10 Å². The number of hydrogen-bond acceptors (Lipinski definition) is 5. The van der Waals surface area contributed by atoms with E-state index in [1.807, 2.05) is 42.5 Å². The predicted octanol–water partition coefficient (Wildman–Crippen LogP) is 3.46. The number of nitrogens with one attached hydrogen (secondary N) is 2. The average molecular weight is 381 g/mol. The molecule has 5 aromatic rings. The Hall–Kier alpha value is -4.33. The van der Waals surface area contributed by atoms with Crippen LogP contribution in [0.4, 0.5) is 5.82 Å². The van der Waals surface area contributed by atoms with Gasteiger partial charge in [-0.25, -0.2) is 15.0 Å². The van der Waals surface area contributed by atoms with Crippen molar-refractivity contribution in [3.8, 4) is 17.1 Å². The topological polar surface area (TPSA) is 101 Å². The molecule has 5 rings (SSSR count). The van der Waals surface area contributed by atoms with Gasteiger partial charge in [0.05, 0.1) is 5.69 Å². The van der Waals surface area contributed by atoms with E-state index in [2.05, 4.69) is 30.5 Å². The fourth-order valence-electron chi connectivity index (χ4n) is 3.16. The van der Waals surface area contributed by atoms with Crippen molar-refractivity contribution >= 4 is 22.5 Å². The van der Waals surface area contributed by atoms with Gasteiger partial charge in [0, 0.05) is 24.0 Å². The van der Waals surface area contributed by atoms with Gasteiger partial charge in [0.15, 0.2) is 0 Å². The number of imidazole rings is 1. The molecular formula is C21H15N7O. The van der Waals surface area contributed by atoms with Crippen molar-refractivity contribution in [1.29, 1.82) is 0 Å². The molecule has 2 N–H and O–H groups in total. The first kappa shape index (κ1) is 16.8. The minimum atomic E-state index is -0.334. The minimum Gasteiger partial charge on any atom is -0.305 e. The highest BCUT2D eigenvalue weighted by molar-refractivity contribution is 6.04. The molecule has 0 saturated carbocycles. The standard InChI is InChI=1S/C21H15N7O/c29-21(25-19-11-20(24-12-23-19)28-9-8-22-13-28)18-10-17(26-27-18)16-7-3-5-14-4-1-2-6-15(14)16/h1-13H,(H,26,27)(H,23,24,25,29). The summed E-state index contributed by atoms with van der Waals surface area (Å²) in [5.74, 6) is 0.656. The highest BCUT2D eigenvalue weighted by atomic mass is 16.2. The fourth-order valence-corrected chi connectivity index (χ4v) is 3.16. The summed E-state index contributed by atoms with van der Waals surface area (Å²) in [5, 5.41) is 12.1. The van der Waals surface area contributed by atoms with E-state index in [4.69, 9.17) is 0 Å². The molecule has 29 heavy (non-hydrogen) atoms. The summed E-state index contributed by atoms with van der Waals surface area (Å²) in [5.41, 5.74) is 2.01. The number of anilines is 1. The Morgan fingerprint density at radius 2 is 1.93 bits per heavy atom. The highest BCUT2D eigenvalue weighted by Crippen LogP contribution is 2.27. The number of carbonyl (C=O) groups excluding carboxylic acids is 1. The van der Waals surface area contributed by atoms with Gasteiger partial charge >= 0.3 is 0 Å². The predicted molar refractivity (Wildman–Crippen MR) is 109 cm³/mol. The van der Waals surface area contributed by atoms with E-state index in [1.165, 1.54) is 6.33 Å². The number of amides is 1. The molecule has 2 aromatic carbocycles. The maximum Gasteiger partial charge on any atom is 0.274 e. The lowest BCUT2D eigenvalue weighted by Crippen LogP contribution is -2.14. The molecule has 0 aliphatic heterocycles. The first-order valence-corrected chi connectivity index (χ1v) is 8.93. The van der Waals surface area contributed by atoms with Crippen LogP contribution in [0.2, 0.25) is 0 Å². The van der Waals surface area contributed by atoms with Crippen molar-refractivity contribution in [2.24, 2.45) is 0 Å². The number of benzene rings is 2. The SMILES string of the molecule is O=C(Nc1cc(-n2ccnc2)ncn1)c1cc(-c2cccc3ccccc23)n[nH]1. The second-order valence-electron chi connectivity index (χ2n) is 6.38. The molecule has 0 saturated heterocycles. The van der Waals surface area contributed by atoms with Crippen molar-refractivity contribution in [3.63, 3.8) is 0 Å². The monoisotopic (exact) mass is 381 g/mol. The Morgan fingerprint density at radius 1 is 1.03 bits per heavy atom. The number of fused-ring (bicyclic) bond motifs is 1. The molecule has 0 spiro atoms. The summed E-state index contributed by atoms with van der Waals surface area (Å²) in [6.07, 6.45) is 6.43. The number of aromatic amines is 1. The quantitative estimate of drug-likeness (QED) is 0.496. The van der Waals surface area contributed by atoms with E-state index in [9.17, 15) is 4.79 Å². The third-order valence-corrected chi connectivity index (χ3v) is 4.55. The van der Waals surface area contributed by atoms with E-state index >= 15 is 0 Å². The lowest BCUT2D eigenvalue weighted by molar-refractivity contribution is 0.102. The Balaban J connectivity index is 1.41. The molecule has 3 heterocycles. The van der Waals surface area contributed by atoms with E-state index in [0.717, 1.165) is 16.3 Å². The van der Waals surface area contributed by atoms with Gasteiger partial charge in [-0.3, -0.25) is 14.5 Å². The molecule has 0 unspecified atom stereocenters. The Labute approximate surface area is 165 Å². The summed E-state index contributed by atoms with van der Waals surface area (Å²) in [4.78, 5) is 24.9. The van der Waals surface area contributed by atoms with E-state index in [0.29, 0.717) is 23.0 Å². The first-order valence-electron chi connectivity index (χ1n) is 8.93. The second-order valence-corrected chi connectivity index (χ2v) is 6.38. The molecule has 0 aliphatic carbocycles. The molecule has 3 aromatic heterocycles. The summed E-state index contributed by atoms with van der Waals surface area (Å²) in [6.45, 7) is 0. The van der Waals surface area contributed by atoms with Gasteiger partial charge in [0.25, 0.3) is 5.91 Å². The van der Waals surface area contributed by atoms with Crippen LogP contribution in [0.25, 0.3) is 27.8 Å². The van der Waals surface area contributed by atoms with Crippen LogP contribution in [0.1, 0.15) is 10.5 Å². The number of nitrogens with zero attached hydrogens (tertiary/aromatic N) is 5. The zero-order valence-corrected chi connectivity index (χ0v) is 15.1. The van der Waals surface area contributed by atoms with Crippen LogP contribution in [0.15, 0.2) is 79.6 Å². The van der Waals surface area contributed by atoms with Crippen molar-refractivity contribution in [2.45, 2.75) is 0 Å². The zero-order chi connectivity index (χ0) is 19.6. The molecule has 0 bridgehead atoms. The molecule has 0 radical (unpaired) electrons. The second kappa shape index (κ2) is 7.01. The summed E-state index contributed by atoms with van der Waals surface area (Å²) >= 11 is 0. The number of rotatable bonds is 4. The van der Waals surface area contributed by atoms with Crippen LogP contribution in [0, 0.1) is 0 Å². The van der Waals surface area contributed by atoms with Crippen LogP contribution in [-0.4, -0.2) is 35.6 Å². The number of H-pyrrole nitrogens is 1. The first-order chi connectivity index (χ1) is 14.3. The molecule has 8 heteroatoms. The third kappa shape index (κ3) is 3.23. The maximum atomic E-state index is 12.7. The number of aromatic nitrogens is 6. The third-order valence-electron chi connectivity index (χ3n) is 4.55. The van der Waals surface area contributed by atoms with Crippen molar-refractivity contribution in [2.75, 3.05) is 5.32 Å². The fraction of sp³-hybridized carbons (Fsp3) is 0. The van der Waals surface area contributed by atoms with Crippen LogP contribution in [-0.2, 0) is 0 Å². The van der Waals surface area contributed by atoms with Gasteiger partial charge in [-0.1, -0.05) is 42.5 Å². The van der Waals surface area contributed by atoms with E-state index in [1.54, 1.807) is 35.4 Å². The van der Waals surface area contributed by atoms with E-state index in [-0.39, 0.29) is 5.91 Å². The van der Waals surface area contributed by atoms with Crippen molar-refractivity contribution in [3.05, 3.63) is 85.3 Å². The molecule has 8 nitrogen and oxygen atoms in total. The Morgan fingerprint density at radius 3 is 2.83 bits per heavy atom. The van der Waals surface area contributed by atoms with Crippen molar-refractivity contribution in [1.82, 2.24) is 29.7 Å². The van der Waals surface area contributed by atoms with Crippen LogP contribution < -0.4 is 5.32 Å². The lowest BCUT2D eigenvalue weighted by Gasteiger charge is -2.05. The van der Waals surface area contributed by atoms with Gasteiger partial charge in [-0.15, -0.1) is 0 Å². The van der Waals surface area contributed by atoms with Gasteiger partial charge in [0.2, 0.25) is 0 Å². The van der Waals surface area contributed by atoms with Gasteiger partial charge < -0.3 is 5.32 Å². The van der Waals surface area contributed by atoms with Gasteiger partial charge in [-0.05, 0) is 16.8 Å². The maximum absolute atomic E-state index is 12.7. The summed E-state index contributed by atoms with van der Waals surface area (Å²) in [6, 6.07) is 17.5. The Bertz CT molecular complexity index is 1300. The van der Waals surface area contributed by atoms with E-state index < -0.39 is 0 Å². The number of hydrogen-bond donors (Lipinski definition) is 2. The lowest BCUT2D eigenvalue weighted by atomic mass is 10.0. The Kier molecular flexibility index (Phi) is 4.06. The van der Waals surface area contributed by atoms with Gasteiger partial charge in [0.1, 0.15) is 30.0 Å². The van der Waals surface area contributed by atoms with Crippen molar-refractivity contribution < 1.29 is 4.79 Å². The smallest absolute Gasteiger partial charge is 0.274 e. The highest BCUT2D eigenvalue weighted by Gasteiger charge is 2.14. The largest absolute Gasteiger partial charge is 0.305 e. The van der Waals surface area contributed by atoms with Crippen LogP contribution in [0.3, 0.4) is 0 Å². The molecule has 0 fully saturated rings. The normalized spacial score (nSPS) is 10.9. The summed E-state index contributed by atoms with van der Waals surface area (Å²) in [7, 11) is 0. The molecule has 1 amide bonds.